The maximum Gasteiger partial charge on any atom is 0.324 e. The van der Waals surface area contributed by atoms with E-state index in [0.717, 1.165) is 45.4 Å². The van der Waals surface area contributed by atoms with Crippen molar-refractivity contribution in [3.05, 3.63) is 35.9 Å². The van der Waals surface area contributed by atoms with E-state index in [-0.39, 0.29) is 46.4 Å². The lowest BCUT2D eigenvalue weighted by Crippen LogP contribution is -2.62. The van der Waals surface area contributed by atoms with Crippen LogP contribution in [-0.4, -0.2) is 137 Å². The molecule has 4 rings (SSSR count). The van der Waals surface area contributed by atoms with Crippen molar-refractivity contribution in [1.82, 2.24) is 34.8 Å². The number of carbonyl (C=O) groups excluding carboxylic acids is 3. The summed E-state index contributed by atoms with van der Waals surface area (Å²) < 4.78 is 26.4. The Hall–Kier alpha value is -3.91. The van der Waals surface area contributed by atoms with Gasteiger partial charge in [0.2, 0.25) is 5.91 Å². The number of nitrogens with zero attached hydrogens (tertiary/aromatic N) is 8. The standard InChI is InChI=1S/C40H63FN8O5/c1-13-49(27(4)5)37(51)30-21-29(41)16-17-32(30)53-35-34(42-25-43-44-35)47-20-18-40(22-47)23-48(24-40)31(26(2)3)15-14-19-46(12)33(28(6)36(50)45(10)11)38(52)54-39(7,8)9/h16-17,21,25-28,31,33H,13-15,18-20,22-24H2,1-12H3/t28?,31-,33?/m1/s1. The first-order chi connectivity index (χ1) is 25.3. The van der Waals surface area contributed by atoms with Gasteiger partial charge in [-0.15, -0.1) is 10.2 Å². The van der Waals surface area contributed by atoms with Crippen molar-refractivity contribution in [2.75, 3.05) is 65.3 Å². The molecule has 3 atom stereocenters. The minimum absolute atomic E-state index is 0.0721. The highest BCUT2D eigenvalue weighted by Gasteiger charge is 2.50. The van der Waals surface area contributed by atoms with Gasteiger partial charge in [0.15, 0.2) is 5.82 Å². The number of ether oxygens (including phenoxy) is 2. The Morgan fingerprint density at radius 2 is 1.72 bits per heavy atom. The van der Waals surface area contributed by atoms with Crippen LogP contribution in [0, 0.1) is 23.1 Å². The summed E-state index contributed by atoms with van der Waals surface area (Å²) in [7, 11) is 5.32. The molecule has 3 heterocycles. The molecule has 0 radical (unpaired) electrons. The molecule has 2 unspecified atom stereocenters. The van der Waals surface area contributed by atoms with Crippen LogP contribution in [0.2, 0.25) is 0 Å². The second kappa shape index (κ2) is 17.7. The summed E-state index contributed by atoms with van der Waals surface area (Å²) in [5.41, 5.74) is -0.443. The zero-order valence-corrected chi connectivity index (χ0v) is 34.6. The van der Waals surface area contributed by atoms with Crippen LogP contribution < -0.4 is 9.64 Å². The Balaban J connectivity index is 1.40. The van der Waals surface area contributed by atoms with Crippen molar-refractivity contribution in [2.24, 2.45) is 17.3 Å². The molecule has 0 N–H and O–H groups in total. The normalized spacial score (nSPS) is 17.4. The molecule has 1 aromatic heterocycles. The van der Waals surface area contributed by atoms with E-state index in [1.54, 1.807) is 25.9 Å². The van der Waals surface area contributed by atoms with Gasteiger partial charge in [-0.25, -0.2) is 9.37 Å². The van der Waals surface area contributed by atoms with Crippen LogP contribution in [0.1, 0.15) is 91.9 Å². The van der Waals surface area contributed by atoms with Crippen molar-refractivity contribution >= 4 is 23.6 Å². The van der Waals surface area contributed by atoms with E-state index in [2.05, 4.69) is 38.8 Å². The van der Waals surface area contributed by atoms with E-state index in [0.29, 0.717) is 30.9 Å². The molecule has 2 saturated heterocycles. The van der Waals surface area contributed by atoms with Gasteiger partial charge in [0.1, 0.15) is 29.5 Å². The number of esters is 1. The molecule has 2 aliphatic heterocycles. The van der Waals surface area contributed by atoms with E-state index >= 15 is 0 Å². The summed E-state index contributed by atoms with van der Waals surface area (Å²) in [6.07, 6.45) is 4.20. The quantitative estimate of drug-likeness (QED) is 0.206. The summed E-state index contributed by atoms with van der Waals surface area (Å²) in [5, 5.41) is 8.23. The Bertz CT molecular complexity index is 1610. The average Bonchev–Trinajstić information content (AvgIpc) is 3.51. The van der Waals surface area contributed by atoms with E-state index in [9.17, 15) is 18.8 Å². The van der Waals surface area contributed by atoms with Gasteiger partial charge in [-0.3, -0.25) is 24.2 Å². The fraction of sp³-hybridized carbons (Fsp3) is 0.700. The Morgan fingerprint density at radius 1 is 1.04 bits per heavy atom. The van der Waals surface area contributed by atoms with E-state index in [1.807, 2.05) is 53.5 Å². The van der Waals surface area contributed by atoms with Gasteiger partial charge in [0.05, 0.1) is 11.5 Å². The van der Waals surface area contributed by atoms with Crippen molar-refractivity contribution in [3.8, 4) is 11.6 Å². The lowest BCUT2D eigenvalue weighted by atomic mass is 9.76. The molecular formula is C40H63FN8O5. The summed E-state index contributed by atoms with van der Waals surface area (Å²) in [6.45, 7) is 22.1. The van der Waals surface area contributed by atoms with Crippen LogP contribution in [-0.2, 0) is 14.3 Å². The average molecular weight is 755 g/mol. The Labute approximate surface area is 321 Å². The number of amides is 2. The van der Waals surface area contributed by atoms with Crippen LogP contribution in [0.15, 0.2) is 24.5 Å². The van der Waals surface area contributed by atoms with Crippen molar-refractivity contribution in [1.29, 1.82) is 0 Å². The van der Waals surface area contributed by atoms with Crippen molar-refractivity contribution in [2.45, 2.75) is 105 Å². The first-order valence-electron chi connectivity index (χ1n) is 19.4. The molecule has 13 nitrogen and oxygen atoms in total. The van der Waals surface area contributed by atoms with Gasteiger partial charge in [0.25, 0.3) is 11.8 Å². The Morgan fingerprint density at radius 3 is 2.31 bits per heavy atom. The van der Waals surface area contributed by atoms with E-state index < -0.39 is 23.4 Å². The minimum atomic E-state index is -0.681. The molecular weight excluding hydrogens is 691 g/mol. The zero-order chi connectivity index (χ0) is 40.1. The van der Waals surface area contributed by atoms with E-state index in [4.69, 9.17) is 9.47 Å². The third-order valence-electron chi connectivity index (χ3n) is 10.7. The number of likely N-dealkylation sites (tertiary alicyclic amines) is 1. The Kier molecular flexibility index (Phi) is 14.0. The number of anilines is 1. The van der Waals surface area contributed by atoms with Crippen LogP contribution >= 0.6 is 0 Å². The van der Waals surface area contributed by atoms with Gasteiger partial charge in [0, 0.05) is 64.3 Å². The molecule has 2 aliphatic rings. The lowest BCUT2D eigenvalue weighted by molar-refractivity contribution is -0.165. The smallest absolute Gasteiger partial charge is 0.324 e. The topological polar surface area (TPSA) is 125 Å². The number of hydrogen-bond donors (Lipinski definition) is 0. The third kappa shape index (κ3) is 10.2. The molecule has 14 heteroatoms. The second-order valence-electron chi connectivity index (χ2n) is 17.0. The molecule has 0 saturated carbocycles. The number of hydrogen-bond acceptors (Lipinski definition) is 11. The monoisotopic (exact) mass is 754 g/mol. The van der Waals surface area contributed by atoms with Gasteiger partial charge in [-0.05, 0) is 98.5 Å². The number of halogens is 1. The summed E-state index contributed by atoms with van der Waals surface area (Å²) in [5.74, 6) is -0.524. The highest BCUT2D eigenvalue weighted by Crippen LogP contribution is 2.44. The fourth-order valence-electron chi connectivity index (χ4n) is 8.02. The van der Waals surface area contributed by atoms with Crippen LogP contribution in [0.4, 0.5) is 10.2 Å². The fourth-order valence-corrected chi connectivity index (χ4v) is 8.02. The van der Waals surface area contributed by atoms with Gasteiger partial charge in [-0.1, -0.05) is 20.8 Å². The second-order valence-corrected chi connectivity index (χ2v) is 17.0. The van der Waals surface area contributed by atoms with Gasteiger partial charge < -0.3 is 24.2 Å². The number of rotatable bonds is 16. The number of benzene rings is 1. The zero-order valence-electron chi connectivity index (χ0n) is 34.6. The van der Waals surface area contributed by atoms with Gasteiger partial charge >= 0.3 is 5.97 Å². The predicted molar refractivity (Wildman–Crippen MR) is 207 cm³/mol. The first kappa shape index (κ1) is 42.8. The molecule has 1 aromatic carbocycles. The molecule has 54 heavy (non-hydrogen) atoms. The highest BCUT2D eigenvalue weighted by atomic mass is 19.1. The van der Waals surface area contributed by atoms with Crippen LogP contribution in [0.3, 0.4) is 0 Å². The third-order valence-corrected chi connectivity index (χ3v) is 10.7. The summed E-state index contributed by atoms with van der Waals surface area (Å²) in [4.78, 5) is 54.2. The maximum absolute atomic E-state index is 14.4. The SMILES string of the molecule is CCN(C(=O)c1cc(F)ccc1Oc1nncnc1N1CCC2(C1)CN([C@H](CCCN(C)C(C(=O)OC(C)(C)C)C(C)C(=O)N(C)C)C(C)C)C2)C(C)C. The maximum atomic E-state index is 14.4. The van der Waals surface area contributed by atoms with Gasteiger partial charge in [-0.2, -0.15) is 0 Å². The van der Waals surface area contributed by atoms with Crippen LogP contribution in [0.5, 0.6) is 11.6 Å². The summed E-state index contributed by atoms with van der Waals surface area (Å²) >= 11 is 0. The molecule has 2 aromatic rings. The van der Waals surface area contributed by atoms with E-state index in [1.165, 1.54) is 29.4 Å². The molecule has 0 aliphatic carbocycles. The highest BCUT2D eigenvalue weighted by molar-refractivity contribution is 5.97. The number of likely N-dealkylation sites (N-methyl/N-ethyl adjacent to an activating group) is 1. The molecule has 2 fully saturated rings. The molecule has 0 bridgehead atoms. The van der Waals surface area contributed by atoms with Crippen molar-refractivity contribution < 1.29 is 28.2 Å². The summed E-state index contributed by atoms with van der Waals surface area (Å²) in [6, 6.07) is 3.54. The van der Waals surface area contributed by atoms with Crippen molar-refractivity contribution in [3.63, 3.8) is 0 Å². The largest absolute Gasteiger partial charge is 0.459 e. The van der Waals surface area contributed by atoms with Crippen LogP contribution in [0.25, 0.3) is 0 Å². The first-order valence-corrected chi connectivity index (χ1v) is 19.4. The molecule has 2 amide bonds. The predicted octanol–water partition coefficient (Wildman–Crippen LogP) is 5.36. The number of carbonyl (C=O) groups is 3. The number of aromatic nitrogens is 3. The molecule has 300 valence electrons. The molecule has 1 spiro atoms. The minimum Gasteiger partial charge on any atom is -0.459 e. The lowest BCUT2D eigenvalue weighted by Gasteiger charge is -2.53.